The van der Waals surface area contributed by atoms with E-state index in [1.54, 1.807) is 0 Å². The number of nitrogens with zero attached hydrogens (tertiary/aromatic N) is 3. The van der Waals surface area contributed by atoms with Gasteiger partial charge in [-0.05, 0) is 25.0 Å². The van der Waals surface area contributed by atoms with Gasteiger partial charge >= 0.3 is 0 Å². The molecule has 0 aliphatic carbocycles. The molecular formula is C19H24ClN3S. The summed E-state index contributed by atoms with van der Waals surface area (Å²) in [6.07, 6.45) is 2.58. The van der Waals surface area contributed by atoms with E-state index in [9.17, 15) is 0 Å². The number of pyridine rings is 1. The molecule has 2 aromatic rings. The summed E-state index contributed by atoms with van der Waals surface area (Å²) in [4.78, 5) is 10.0. The lowest BCUT2D eigenvalue weighted by Crippen LogP contribution is -2.47. The van der Waals surface area contributed by atoms with E-state index in [-0.39, 0.29) is 0 Å². The monoisotopic (exact) mass is 361 g/mol. The lowest BCUT2D eigenvalue weighted by atomic mass is 10.0. The van der Waals surface area contributed by atoms with Crippen molar-refractivity contribution in [2.45, 2.75) is 25.4 Å². The Hall–Kier alpha value is -0.810. The smallest absolute Gasteiger partial charge is 0.0891 e. The standard InChI is InChI=1S/C19H24ClN3S/c20-18-3-1-2-15-4-5-16(21-19(15)18)14-22-8-6-17(7-9-22)23-10-12-24-13-11-23/h1-5,17H,6-14H2. The van der Waals surface area contributed by atoms with Crippen molar-refractivity contribution in [3.05, 3.63) is 41.0 Å². The number of aromatic nitrogens is 1. The molecule has 0 unspecified atom stereocenters. The molecule has 5 heteroatoms. The largest absolute Gasteiger partial charge is 0.299 e. The van der Waals surface area contributed by atoms with Crippen molar-refractivity contribution in [1.29, 1.82) is 0 Å². The Morgan fingerprint density at radius 2 is 1.83 bits per heavy atom. The number of thioether (sulfide) groups is 1. The van der Waals surface area contributed by atoms with E-state index in [1.807, 2.05) is 12.1 Å². The van der Waals surface area contributed by atoms with Crippen LogP contribution in [-0.4, -0.2) is 58.5 Å². The van der Waals surface area contributed by atoms with E-state index in [4.69, 9.17) is 16.6 Å². The molecule has 24 heavy (non-hydrogen) atoms. The number of halogens is 1. The van der Waals surface area contributed by atoms with Gasteiger partial charge in [0.2, 0.25) is 0 Å². The molecule has 3 heterocycles. The van der Waals surface area contributed by atoms with E-state index in [2.05, 4.69) is 39.8 Å². The van der Waals surface area contributed by atoms with Crippen molar-refractivity contribution in [1.82, 2.24) is 14.8 Å². The Kier molecular flexibility index (Phi) is 5.28. The first kappa shape index (κ1) is 16.6. The number of piperidine rings is 1. The van der Waals surface area contributed by atoms with Crippen LogP contribution >= 0.6 is 23.4 Å². The van der Waals surface area contributed by atoms with E-state index in [0.717, 1.165) is 34.2 Å². The molecule has 2 aliphatic heterocycles. The molecule has 3 nitrogen and oxygen atoms in total. The van der Waals surface area contributed by atoms with Crippen molar-refractivity contribution in [2.75, 3.05) is 37.7 Å². The summed E-state index contributed by atoms with van der Waals surface area (Å²) in [5.74, 6) is 2.62. The van der Waals surface area contributed by atoms with Gasteiger partial charge in [0.05, 0.1) is 16.2 Å². The van der Waals surface area contributed by atoms with E-state index >= 15 is 0 Å². The van der Waals surface area contributed by atoms with Crippen molar-refractivity contribution in [2.24, 2.45) is 0 Å². The number of hydrogen-bond acceptors (Lipinski definition) is 4. The van der Waals surface area contributed by atoms with Crippen LogP contribution in [0.5, 0.6) is 0 Å². The summed E-state index contributed by atoms with van der Waals surface area (Å²) in [6.45, 7) is 5.84. The molecule has 0 radical (unpaired) electrons. The molecule has 0 amide bonds. The zero-order valence-electron chi connectivity index (χ0n) is 14.0. The van der Waals surface area contributed by atoms with Gasteiger partial charge in [0.15, 0.2) is 0 Å². The Morgan fingerprint density at radius 1 is 1.04 bits per heavy atom. The third kappa shape index (κ3) is 3.72. The van der Waals surface area contributed by atoms with E-state index < -0.39 is 0 Å². The first-order valence-corrected chi connectivity index (χ1v) is 10.4. The van der Waals surface area contributed by atoms with Gasteiger partial charge < -0.3 is 0 Å². The summed E-state index contributed by atoms with van der Waals surface area (Å²) in [5.41, 5.74) is 2.06. The van der Waals surface area contributed by atoms with Crippen LogP contribution in [0.15, 0.2) is 30.3 Å². The minimum absolute atomic E-state index is 0.746. The zero-order chi connectivity index (χ0) is 16.4. The number of likely N-dealkylation sites (tertiary alicyclic amines) is 1. The van der Waals surface area contributed by atoms with Crippen molar-refractivity contribution in [3.8, 4) is 0 Å². The first-order valence-electron chi connectivity index (χ1n) is 8.88. The fourth-order valence-corrected chi connectivity index (χ4v) is 5.01. The highest BCUT2D eigenvalue weighted by molar-refractivity contribution is 7.99. The maximum atomic E-state index is 6.29. The van der Waals surface area contributed by atoms with Gasteiger partial charge in [-0.3, -0.25) is 9.80 Å². The summed E-state index contributed by atoms with van der Waals surface area (Å²) in [6, 6.07) is 11.1. The molecule has 0 bridgehead atoms. The number of benzene rings is 1. The Labute approximate surface area is 153 Å². The Bertz CT molecular complexity index is 694. The van der Waals surface area contributed by atoms with Crippen LogP contribution in [0.4, 0.5) is 0 Å². The summed E-state index contributed by atoms with van der Waals surface area (Å²) >= 11 is 8.39. The van der Waals surface area contributed by atoms with Crippen LogP contribution in [0.25, 0.3) is 10.9 Å². The second kappa shape index (κ2) is 7.61. The number of para-hydroxylation sites is 1. The normalized spacial score (nSPS) is 21.4. The summed E-state index contributed by atoms with van der Waals surface area (Å²) in [5, 5.41) is 1.86. The second-order valence-electron chi connectivity index (χ2n) is 6.77. The third-order valence-corrected chi connectivity index (χ3v) is 6.48. The fourth-order valence-electron chi connectivity index (χ4n) is 3.85. The van der Waals surface area contributed by atoms with Gasteiger partial charge in [0.25, 0.3) is 0 Å². The molecule has 0 atom stereocenters. The second-order valence-corrected chi connectivity index (χ2v) is 8.40. The summed E-state index contributed by atoms with van der Waals surface area (Å²) in [7, 11) is 0. The van der Waals surface area contributed by atoms with E-state index in [1.165, 1.54) is 50.5 Å². The van der Waals surface area contributed by atoms with Gasteiger partial charge in [-0.1, -0.05) is 29.8 Å². The van der Waals surface area contributed by atoms with Crippen LogP contribution < -0.4 is 0 Å². The van der Waals surface area contributed by atoms with Gasteiger partial charge in [0.1, 0.15) is 0 Å². The predicted molar refractivity (Wildman–Crippen MR) is 104 cm³/mol. The molecule has 0 saturated carbocycles. The minimum Gasteiger partial charge on any atom is -0.299 e. The van der Waals surface area contributed by atoms with Crippen LogP contribution in [0.1, 0.15) is 18.5 Å². The van der Waals surface area contributed by atoms with Crippen molar-refractivity contribution in [3.63, 3.8) is 0 Å². The molecule has 0 N–H and O–H groups in total. The molecule has 1 aromatic heterocycles. The molecule has 128 valence electrons. The lowest BCUT2D eigenvalue weighted by molar-refractivity contribution is 0.112. The Morgan fingerprint density at radius 3 is 2.62 bits per heavy atom. The van der Waals surface area contributed by atoms with Gasteiger partial charge in [-0.2, -0.15) is 11.8 Å². The maximum absolute atomic E-state index is 6.29. The first-order chi connectivity index (χ1) is 11.8. The maximum Gasteiger partial charge on any atom is 0.0891 e. The van der Waals surface area contributed by atoms with Crippen molar-refractivity contribution < 1.29 is 0 Å². The molecule has 2 fully saturated rings. The Balaban J connectivity index is 1.37. The fraction of sp³-hybridized carbons (Fsp3) is 0.526. The highest BCUT2D eigenvalue weighted by Crippen LogP contribution is 2.24. The highest BCUT2D eigenvalue weighted by atomic mass is 35.5. The molecule has 2 saturated heterocycles. The number of fused-ring (bicyclic) bond motifs is 1. The van der Waals surface area contributed by atoms with Gasteiger partial charge in [0, 0.05) is 55.7 Å². The molecule has 2 aliphatic rings. The van der Waals surface area contributed by atoms with Gasteiger partial charge in [-0.25, -0.2) is 4.98 Å². The molecule has 1 aromatic carbocycles. The SMILES string of the molecule is Clc1cccc2ccc(CN3CCC(N4CCSCC4)CC3)nc12. The van der Waals surface area contributed by atoms with Crippen molar-refractivity contribution >= 4 is 34.3 Å². The highest BCUT2D eigenvalue weighted by Gasteiger charge is 2.25. The van der Waals surface area contributed by atoms with Crippen LogP contribution in [-0.2, 0) is 6.54 Å². The quantitative estimate of drug-likeness (QED) is 0.825. The zero-order valence-corrected chi connectivity index (χ0v) is 15.5. The molecular weight excluding hydrogens is 338 g/mol. The average molecular weight is 362 g/mol. The topological polar surface area (TPSA) is 19.4 Å². The molecule has 0 spiro atoms. The van der Waals surface area contributed by atoms with Crippen LogP contribution in [0.3, 0.4) is 0 Å². The predicted octanol–water partition coefficient (Wildman–Crippen LogP) is 3.90. The number of rotatable bonds is 3. The average Bonchev–Trinajstić information content (AvgIpc) is 2.64. The number of hydrogen-bond donors (Lipinski definition) is 0. The van der Waals surface area contributed by atoms with Gasteiger partial charge in [-0.15, -0.1) is 0 Å². The van der Waals surface area contributed by atoms with E-state index in [0.29, 0.717) is 0 Å². The third-order valence-electron chi connectivity index (χ3n) is 5.23. The lowest BCUT2D eigenvalue weighted by Gasteiger charge is -2.40. The van der Waals surface area contributed by atoms with Crippen LogP contribution in [0.2, 0.25) is 5.02 Å². The van der Waals surface area contributed by atoms with Crippen LogP contribution in [0, 0.1) is 0 Å². The molecule has 4 rings (SSSR count). The minimum atomic E-state index is 0.746. The summed E-state index contributed by atoms with van der Waals surface area (Å²) < 4.78 is 0.